The Bertz CT molecular complexity index is 1100. The molecule has 1 aliphatic rings. The lowest BCUT2D eigenvalue weighted by Gasteiger charge is -2.17. The molecule has 8 nitrogen and oxygen atoms in total. The molecule has 0 fully saturated rings. The van der Waals surface area contributed by atoms with Crippen molar-refractivity contribution in [2.75, 3.05) is 11.9 Å². The van der Waals surface area contributed by atoms with Gasteiger partial charge in [0.15, 0.2) is 5.16 Å². The fraction of sp³-hybridized carbons (Fsp3) is 0.250. The third-order valence-electron chi connectivity index (χ3n) is 4.87. The van der Waals surface area contributed by atoms with Gasteiger partial charge in [0.25, 0.3) is 11.8 Å². The molecule has 1 aromatic carbocycles. The number of benzene rings is 1. The zero-order valence-corrected chi connectivity index (χ0v) is 17.1. The number of rotatable bonds is 5. The van der Waals surface area contributed by atoms with Crippen LogP contribution < -0.4 is 10.2 Å². The normalized spacial score (nSPS) is 14.0. The van der Waals surface area contributed by atoms with E-state index in [0.29, 0.717) is 23.5 Å². The molecule has 4 rings (SSSR count). The molecule has 9 heteroatoms. The van der Waals surface area contributed by atoms with E-state index in [4.69, 9.17) is 0 Å². The van der Waals surface area contributed by atoms with Crippen LogP contribution in [-0.2, 0) is 13.6 Å². The highest BCUT2D eigenvalue weighted by molar-refractivity contribution is 7.99. The molecule has 3 heterocycles. The maximum absolute atomic E-state index is 13.0. The fourth-order valence-electron chi connectivity index (χ4n) is 3.21. The minimum absolute atomic E-state index is 0.111. The van der Waals surface area contributed by atoms with Gasteiger partial charge >= 0.3 is 0 Å². The average molecular weight is 408 g/mol. The molecule has 2 aromatic heterocycles. The Kier molecular flexibility index (Phi) is 5.06. The minimum atomic E-state index is -0.214. The Labute approximate surface area is 172 Å². The number of pyridine rings is 1. The van der Waals surface area contributed by atoms with Crippen molar-refractivity contribution in [1.29, 1.82) is 0 Å². The van der Waals surface area contributed by atoms with E-state index in [2.05, 4.69) is 27.4 Å². The Hall–Kier alpha value is -3.20. The number of fused-ring (bicyclic) bond motifs is 1. The Morgan fingerprint density at radius 2 is 2.10 bits per heavy atom. The summed E-state index contributed by atoms with van der Waals surface area (Å²) in [6.45, 7) is 2.51. The van der Waals surface area contributed by atoms with Crippen LogP contribution in [0.4, 0.5) is 5.82 Å². The first-order chi connectivity index (χ1) is 14.0. The topological polar surface area (TPSA) is 93.0 Å². The van der Waals surface area contributed by atoms with Gasteiger partial charge < -0.3 is 9.88 Å². The molecule has 0 bridgehead atoms. The molecule has 0 saturated carbocycles. The Morgan fingerprint density at radius 3 is 2.83 bits per heavy atom. The van der Waals surface area contributed by atoms with Gasteiger partial charge in [0.2, 0.25) is 0 Å². The highest BCUT2D eigenvalue weighted by Gasteiger charge is 2.30. The Morgan fingerprint density at radius 1 is 1.28 bits per heavy atom. The smallest absolute Gasteiger partial charge is 0.260 e. The number of anilines is 1. The average Bonchev–Trinajstić information content (AvgIpc) is 3.30. The third kappa shape index (κ3) is 3.61. The highest BCUT2D eigenvalue weighted by Crippen LogP contribution is 2.35. The number of hydrogen-bond acceptors (Lipinski definition) is 6. The van der Waals surface area contributed by atoms with Crippen molar-refractivity contribution in [3.63, 3.8) is 0 Å². The number of carbonyl (C=O) groups excluding carboxylic acids is 2. The molecule has 1 unspecified atom stereocenters. The zero-order valence-electron chi connectivity index (χ0n) is 16.3. The number of amides is 2. The lowest BCUT2D eigenvalue weighted by Crippen LogP contribution is -2.24. The summed E-state index contributed by atoms with van der Waals surface area (Å²) in [5.41, 5.74) is 2.94. The second-order valence-corrected chi connectivity index (χ2v) is 8.08. The summed E-state index contributed by atoms with van der Waals surface area (Å²) < 4.78 is 1.87. The third-order valence-corrected chi connectivity index (χ3v) is 6.08. The van der Waals surface area contributed by atoms with Crippen molar-refractivity contribution in [3.05, 3.63) is 65.1 Å². The summed E-state index contributed by atoms with van der Waals surface area (Å²) in [6, 6.07) is 9.07. The summed E-state index contributed by atoms with van der Waals surface area (Å²) in [6.07, 6.45) is 3.38. The summed E-state index contributed by atoms with van der Waals surface area (Å²) >= 11 is 1.59. The van der Waals surface area contributed by atoms with E-state index >= 15 is 0 Å². The van der Waals surface area contributed by atoms with Crippen molar-refractivity contribution in [2.24, 2.45) is 7.05 Å². The summed E-state index contributed by atoms with van der Waals surface area (Å²) in [5.74, 6) is 0.230. The van der Waals surface area contributed by atoms with E-state index in [1.54, 1.807) is 48.4 Å². The molecular weight excluding hydrogens is 388 g/mol. The molecule has 2 amide bonds. The predicted octanol–water partition coefficient (Wildman–Crippen LogP) is 2.58. The number of nitrogens with zero attached hydrogens (tertiary/aromatic N) is 5. The van der Waals surface area contributed by atoms with Crippen LogP contribution in [0.15, 0.2) is 48.0 Å². The quantitative estimate of drug-likeness (QED) is 0.653. The van der Waals surface area contributed by atoms with E-state index in [0.717, 1.165) is 16.3 Å². The summed E-state index contributed by atoms with van der Waals surface area (Å²) in [7, 11) is 3.47. The van der Waals surface area contributed by atoms with Gasteiger partial charge in [-0.1, -0.05) is 17.8 Å². The van der Waals surface area contributed by atoms with E-state index in [-0.39, 0.29) is 17.1 Å². The van der Waals surface area contributed by atoms with Gasteiger partial charge in [0.05, 0.1) is 6.54 Å². The Balaban J connectivity index is 1.57. The molecule has 0 radical (unpaired) electrons. The highest BCUT2D eigenvalue weighted by atomic mass is 32.2. The number of hydrogen-bond donors (Lipinski definition) is 1. The van der Waals surface area contributed by atoms with E-state index in [9.17, 15) is 9.59 Å². The molecule has 1 aliphatic heterocycles. The maximum Gasteiger partial charge on any atom is 0.260 e. The molecule has 0 aliphatic carbocycles. The van der Waals surface area contributed by atoms with Crippen LogP contribution in [0.3, 0.4) is 0 Å². The number of aromatic nitrogens is 4. The van der Waals surface area contributed by atoms with Crippen LogP contribution in [0.25, 0.3) is 0 Å². The van der Waals surface area contributed by atoms with Crippen LogP contribution in [0.5, 0.6) is 0 Å². The molecular formula is C20H20N6O2S. The molecule has 1 N–H and O–H groups in total. The lowest BCUT2D eigenvalue weighted by atomic mass is 10.1. The lowest BCUT2D eigenvalue weighted by molar-refractivity contribution is 0.0963. The van der Waals surface area contributed by atoms with Crippen molar-refractivity contribution >= 4 is 29.4 Å². The monoisotopic (exact) mass is 408 g/mol. The number of nitrogens with one attached hydrogen (secondary N) is 1. The van der Waals surface area contributed by atoms with E-state index < -0.39 is 0 Å². The van der Waals surface area contributed by atoms with Crippen LogP contribution in [0.2, 0.25) is 0 Å². The van der Waals surface area contributed by atoms with Crippen molar-refractivity contribution in [2.45, 2.75) is 23.9 Å². The summed E-state index contributed by atoms with van der Waals surface area (Å²) in [5, 5.41) is 11.5. The zero-order chi connectivity index (χ0) is 20.5. The van der Waals surface area contributed by atoms with Crippen LogP contribution in [-0.4, -0.2) is 38.6 Å². The standard InChI is InChI=1S/C20H20N6O2S/c1-12(29-20-24-23-11-25(20)3)13-6-7-22-17(9-13)26-10-15-5-4-14(18(27)21-2)8-16(15)19(26)28/h4-9,11-12H,10H2,1-3H3,(H,21,27). The fourth-order valence-corrected chi connectivity index (χ4v) is 4.12. The van der Waals surface area contributed by atoms with E-state index in [1.807, 2.05) is 29.8 Å². The van der Waals surface area contributed by atoms with Gasteiger partial charge in [0, 0.05) is 36.7 Å². The molecule has 3 aromatic rings. The summed E-state index contributed by atoms with van der Waals surface area (Å²) in [4.78, 5) is 30.9. The predicted molar refractivity (Wildman–Crippen MR) is 110 cm³/mol. The first kappa shape index (κ1) is 19.1. The van der Waals surface area contributed by atoms with Crippen molar-refractivity contribution in [3.8, 4) is 0 Å². The SMILES string of the molecule is CNC(=O)c1ccc2c(c1)C(=O)N(c1cc(C(C)Sc3nncn3C)ccn1)C2. The van der Waals surface area contributed by atoms with Crippen LogP contribution in [0.1, 0.15) is 44.0 Å². The second-order valence-electron chi connectivity index (χ2n) is 6.77. The van der Waals surface area contributed by atoms with Gasteiger partial charge in [-0.15, -0.1) is 10.2 Å². The molecule has 148 valence electrons. The van der Waals surface area contributed by atoms with Gasteiger partial charge in [-0.05, 0) is 42.3 Å². The van der Waals surface area contributed by atoms with E-state index in [1.165, 1.54) is 0 Å². The second kappa shape index (κ2) is 7.67. The largest absolute Gasteiger partial charge is 0.355 e. The van der Waals surface area contributed by atoms with Gasteiger partial charge in [-0.25, -0.2) is 4.98 Å². The number of carbonyl (C=O) groups is 2. The van der Waals surface area contributed by atoms with Crippen molar-refractivity contribution in [1.82, 2.24) is 25.1 Å². The molecule has 0 saturated heterocycles. The van der Waals surface area contributed by atoms with Gasteiger partial charge in [-0.2, -0.15) is 0 Å². The molecule has 1 atom stereocenters. The minimum Gasteiger partial charge on any atom is -0.355 e. The first-order valence-electron chi connectivity index (χ1n) is 9.11. The van der Waals surface area contributed by atoms with Crippen molar-refractivity contribution < 1.29 is 9.59 Å². The number of thioether (sulfide) groups is 1. The maximum atomic E-state index is 13.0. The molecule has 0 spiro atoms. The van der Waals surface area contributed by atoms with Gasteiger partial charge in [0.1, 0.15) is 12.1 Å². The van der Waals surface area contributed by atoms with Crippen LogP contribution >= 0.6 is 11.8 Å². The van der Waals surface area contributed by atoms with Gasteiger partial charge in [-0.3, -0.25) is 14.5 Å². The number of aryl methyl sites for hydroxylation is 1. The first-order valence-corrected chi connectivity index (χ1v) is 9.99. The molecule has 29 heavy (non-hydrogen) atoms. The van der Waals surface area contributed by atoms with Crippen LogP contribution in [0, 0.1) is 0 Å².